The third kappa shape index (κ3) is 3.18. The monoisotopic (exact) mass is 302 g/mol. The Bertz CT molecular complexity index is 522. The maximum atomic E-state index is 11.8. The Hall–Kier alpha value is -1.30. The average molecular weight is 303 g/mol. The van der Waals surface area contributed by atoms with Crippen LogP contribution in [0.2, 0.25) is 10.0 Å². The van der Waals surface area contributed by atoms with Crippen molar-refractivity contribution < 1.29 is 14.7 Å². The summed E-state index contributed by atoms with van der Waals surface area (Å²) in [6.45, 7) is 0.548. The standard InChI is InChI=1S/C12H12Cl2N2O3/c13-8-2-1-3-9(10(8)14)15-11(18)12(19)16-5-4-7(17)6-16/h1-3,7,17H,4-6H2,(H,15,18)/t7-/m0/s1. The summed E-state index contributed by atoms with van der Waals surface area (Å²) in [4.78, 5) is 24.9. The Morgan fingerprint density at radius 1 is 1.37 bits per heavy atom. The van der Waals surface area contributed by atoms with Crippen LogP contribution >= 0.6 is 23.2 Å². The first-order chi connectivity index (χ1) is 8.99. The number of carbonyl (C=O) groups is 2. The SMILES string of the molecule is O=C(Nc1cccc(Cl)c1Cl)C(=O)N1CC[C@H](O)C1. The number of nitrogens with zero attached hydrogens (tertiary/aromatic N) is 1. The summed E-state index contributed by atoms with van der Waals surface area (Å²) in [6, 6.07) is 4.75. The molecule has 2 amide bonds. The van der Waals surface area contributed by atoms with E-state index >= 15 is 0 Å². The molecule has 0 spiro atoms. The van der Waals surface area contributed by atoms with Crippen molar-refractivity contribution in [2.24, 2.45) is 0 Å². The van der Waals surface area contributed by atoms with Crippen LogP contribution in [0, 0.1) is 0 Å². The molecule has 2 rings (SSSR count). The number of likely N-dealkylation sites (tertiary alicyclic amines) is 1. The van der Waals surface area contributed by atoms with E-state index < -0.39 is 17.9 Å². The zero-order valence-corrected chi connectivity index (χ0v) is 11.4. The van der Waals surface area contributed by atoms with Crippen LogP contribution in [0.3, 0.4) is 0 Å². The second-order valence-corrected chi connectivity index (χ2v) is 5.03. The fourth-order valence-corrected chi connectivity index (χ4v) is 2.19. The molecule has 1 atom stereocenters. The number of nitrogens with one attached hydrogen (secondary N) is 1. The van der Waals surface area contributed by atoms with Gasteiger partial charge in [-0.15, -0.1) is 0 Å². The molecule has 0 aliphatic carbocycles. The van der Waals surface area contributed by atoms with Crippen LogP contribution in [0.5, 0.6) is 0 Å². The quantitative estimate of drug-likeness (QED) is 0.773. The molecule has 1 aromatic carbocycles. The molecule has 5 nitrogen and oxygen atoms in total. The number of aliphatic hydroxyl groups excluding tert-OH is 1. The average Bonchev–Trinajstić information content (AvgIpc) is 2.80. The molecule has 0 unspecified atom stereocenters. The summed E-state index contributed by atoms with van der Waals surface area (Å²) in [7, 11) is 0. The lowest BCUT2D eigenvalue weighted by Gasteiger charge is -2.15. The molecule has 0 bridgehead atoms. The summed E-state index contributed by atoms with van der Waals surface area (Å²) >= 11 is 11.7. The van der Waals surface area contributed by atoms with Crippen LogP contribution < -0.4 is 5.32 Å². The minimum atomic E-state index is -0.793. The number of rotatable bonds is 1. The van der Waals surface area contributed by atoms with Gasteiger partial charge in [0.1, 0.15) is 0 Å². The van der Waals surface area contributed by atoms with Gasteiger partial charge < -0.3 is 15.3 Å². The Morgan fingerprint density at radius 3 is 2.74 bits per heavy atom. The van der Waals surface area contributed by atoms with Crippen molar-refractivity contribution in [1.82, 2.24) is 4.90 Å². The number of anilines is 1. The van der Waals surface area contributed by atoms with E-state index in [-0.39, 0.29) is 17.3 Å². The number of halogens is 2. The van der Waals surface area contributed by atoms with Gasteiger partial charge in [-0.3, -0.25) is 9.59 Å². The normalized spacial score (nSPS) is 18.5. The molecule has 1 saturated heterocycles. The first-order valence-corrected chi connectivity index (χ1v) is 6.47. The minimum Gasteiger partial charge on any atom is -0.391 e. The van der Waals surface area contributed by atoms with Crippen LogP contribution in [0.25, 0.3) is 0 Å². The molecule has 1 fully saturated rings. The van der Waals surface area contributed by atoms with E-state index in [4.69, 9.17) is 23.2 Å². The van der Waals surface area contributed by atoms with E-state index in [1.165, 1.54) is 4.90 Å². The highest BCUT2D eigenvalue weighted by Crippen LogP contribution is 2.29. The van der Waals surface area contributed by atoms with Crippen molar-refractivity contribution >= 4 is 40.7 Å². The molecule has 0 saturated carbocycles. The van der Waals surface area contributed by atoms with E-state index in [1.54, 1.807) is 18.2 Å². The van der Waals surface area contributed by atoms with Crippen LogP contribution in [-0.4, -0.2) is 41.0 Å². The fraction of sp³-hybridized carbons (Fsp3) is 0.333. The maximum absolute atomic E-state index is 11.8. The highest BCUT2D eigenvalue weighted by Gasteiger charge is 2.29. The summed E-state index contributed by atoms with van der Waals surface area (Å²) in [5, 5.41) is 12.2. The van der Waals surface area contributed by atoms with E-state index in [1.807, 2.05) is 0 Å². The molecule has 1 aliphatic rings. The zero-order chi connectivity index (χ0) is 14.0. The topological polar surface area (TPSA) is 69.6 Å². The number of aliphatic hydroxyl groups is 1. The second-order valence-electron chi connectivity index (χ2n) is 4.25. The van der Waals surface area contributed by atoms with Gasteiger partial charge in [-0.1, -0.05) is 29.3 Å². The minimum absolute atomic E-state index is 0.176. The highest BCUT2D eigenvalue weighted by atomic mass is 35.5. The lowest BCUT2D eigenvalue weighted by atomic mass is 10.3. The number of hydrogen-bond acceptors (Lipinski definition) is 3. The smallest absolute Gasteiger partial charge is 0.313 e. The van der Waals surface area contributed by atoms with E-state index in [9.17, 15) is 14.7 Å². The predicted molar refractivity (Wildman–Crippen MR) is 72.3 cm³/mol. The van der Waals surface area contributed by atoms with Crippen molar-refractivity contribution in [1.29, 1.82) is 0 Å². The molecule has 0 aromatic heterocycles. The molecule has 1 aromatic rings. The van der Waals surface area contributed by atoms with Gasteiger partial charge in [-0.05, 0) is 18.6 Å². The van der Waals surface area contributed by atoms with Gasteiger partial charge >= 0.3 is 11.8 Å². The largest absolute Gasteiger partial charge is 0.391 e. The summed E-state index contributed by atoms with van der Waals surface area (Å²) in [6.07, 6.45) is -0.0803. The lowest BCUT2D eigenvalue weighted by molar-refractivity contribution is -0.142. The molecule has 19 heavy (non-hydrogen) atoms. The van der Waals surface area contributed by atoms with Gasteiger partial charge in [0.05, 0.1) is 21.8 Å². The number of hydrogen-bond donors (Lipinski definition) is 2. The predicted octanol–water partition coefficient (Wildman–Crippen LogP) is 1.53. The Morgan fingerprint density at radius 2 is 2.11 bits per heavy atom. The van der Waals surface area contributed by atoms with Gasteiger partial charge in [0.25, 0.3) is 0 Å². The van der Waals surface area contributed by atoms with Gasteiger partial charge in [-0.2, -0.15) is 0 Å². The van der Waals surface area contributed by atoms with Crippen molar-refractivity contribution in [3.8, 4) is 0 Å². The Balaban J connectivity index is 2.05. The molecule has 0 radical (unpaired) electrons. The van der Waals surface area contributed by atoms with Crippen molar-refractivity contribution in [2.75, 3.05) is 18.4 Å². The van der Waals surface area contributed by atoms with Gasteiger partial charge in [0.2, 0.25) is 0 Å². The molecule has 2 N–H and O–H groups in total. The molecule has 1 aliphatic heterocycles. The second kappa shape index (κ2) is 5.77. The van der Waals surface area contributed by atoms with Crippen molar-refractivity contribution in [2.45, 2.75) is 12.5 Å². The third-order valence-corrected chi connectivity index (χ3v) is 3.66. The number of β-amino-alcohol motifs (C(OH)–C–C–N with tert-alkyl or cyclic N) is 1. The van der Waals surface area contributed by atoms with E-state index in [2.05, 4.69) is 5.32 Å². The van der Waals surface area contributed by atoms with Crippen LogP contribution in [0.15, 0.2) is 18.2 Å². The first-order valence-electron chi connectivity index (χ1n) is 5.71. The van der Waals surface area contributed by atoms with Crippen molar-refractivity contribution in [3.63, 3.8) is 0 Å². The van der Waals surface area contributed by atoms with E-state index in [0.717, 1.165) is 0 Å². The maximum Gasteiger partial charge on any atom is 0.313 e. The Kier molecular flexibility index (Phi) is 4.29. The molecule has 1 heterocycles. The fourth-order valence-electron chi connectivity index (χ4n) is 1.85. The third-order valence-electron chi connectivity index (χ3n) is 2.84. The number of benzene rings is 1. The van der Waals surface area contributed by atoms with Crippen LogP contribution in [-0.2, 0) is 9.59 Å². The number of carbonyl (C=O) groups excluding carboxylic acids is 2. The zero-order valence-electron chi connectivity index (χ0n) is 9.90. The summed E-state index contributed by atoms with van der Waals surface area (Å²) < 4.78 is 0. The van der Waals surface area contributed by atoms with Gasteiger partial charge in [0, 0.05) is 13.1 Å². The van der Waals surface area contributed by atoms with Gasteiger partial charge in [-0.25, -0.2) is 0 Å². The van der Waals surface area contributed by atoms with Crippen molar-refractivity contribution in [3.05, 3.63) is 28.2 Å². The first kappa shape index (κ1) is 14.1. The molecule has 102 valence electrons. The highest BCUT2D eigenvalue weighted by molar-refractivity contribution is 6.45. The van der Waals surface area contributed by atoms with Gasteiger partial charge in [0.15, 0.2) is 0 Å². The van der Waals surface area contributed by atoms with Crippen LogP contribution in [0.1, 0.15) is 6.42 Å². The van der Waals surface area contributed by atoms with Crippen LogP contribution in [0.4, 0.5) is 5.69 Å². The molecular formula is C12H12Cl2N2O3. The number of amides is 2. The van der Waals surface area contributed by atoms with E-state index in [0.29, 0.717) is 18.0 Å². The molecule has 7 heteroatoms. The summed E-state index contributed by atoms with van der Waals surface area (Å²) in [5.41, 5.74) is 0.285. The molecular weight excluding hydrogens is 291 g/mol. The summed E-state index contributed by atoms with van der Waals surface area (Å²) in [5.74, 6) is -1.48. The lowest BCUT2D eigenvalue weighted by Crippen LogP contribution is -2.38. The Labute approximate surface area is 120 Å².